The summed E-state index contributed by atoms with van der Waals surface area (Å²) in [6, 6.07) is 42.6. The van der Waals surface area contributed by atoms with Crippen LogP contribution in [0.25, 0.3) is 0 Å². The summed E-state index contributed by atoms with van der Waals surface area (Å²) in [5.74, 6) is 0. The topological polar surface area (TPSA) is 6.48 Å². The quantitative estimate of drug-likeness (QED) is 0.238. The van der Waals surface area contributed by atoms with Crippen LogP contribution in [-0.2, 0) is 10.8 Å². The van der Waals surface area contributed by atoms with Crippen LogP contribution < -0.4 is 9.80 Å². The zero-order valence-electron chi connectivity index (χ0n) is 22.5. The number of hydrogen-bond donors (Lipinski definition) is 0. The van der Waals surface area contributed by atoms with E-state index in [2.05, 4.69) is 121 Å². The van der Waals surface area contributed by atoms with E-state index < -0.39 is 12.1 Å². The van der Waals surface area contributed by atoms with Crippen LogP contribution >= 0.6 is 0 Å². The lowest BCUT2D eigenvalue weighted by Crippen LogP contribution is -2.34. The minimum absolute atomic E-state index is 0.108. The second kappa shape index (κ2) is 8.57. The van der Waals surface area contributed by atoms with E-state index in [4.69, 9.17) is 0 Å². The molecule has 192 valence electrons. The SMILES string of the molecule is CC1(C)c2ccccc2N(c2cccc(N3c4ccccc4C(C)(CF)c4ccccc43)c2)c2ccccc21. The summed E-state index contributed by atoms with van der Waals surface area (Å²) in [7, 11) is 0. The highest BCUT2D eigenvalue weighted by Gasteiger charge is 2.41. The zero-order valence-corrected chi connectivity index (χ0v) is 22.5. The summed E-state index contributed by atoms with van der Waals surface area (Å²) in [4.78, 5) is 4.67. The van der Waals surface area contributed by atoms with Gasteiger partial charge in [0, 0.05) is 22.2 Å². The molecule has 0 saturated carbocycles. The van der Waals surface area contributed by atoms with Gasteiger partial charge in [-0.2, -0.15) is 0 Å². The molecule has 0 atom stereocenters. The Morgan fingerprint density at radius 2 is 0.846 bits per heavy atom. The molecule has 2 aliphatic rings. The Morgan fingerprint density at radius 3 is 1.26 bits per heavy atom. The van der Waals surface area contributed by atoms with Crippen LogP contribution in [0, 0.1) is 0 Å². The Hall–Kier alpha value is -4.37. The van der Waals surface area contributed by atoms with Gasteiger partial charge in [-0.3, -0.25) is 0 Å². The van der Waals surface area contributed by atoms with Gasteiger partial charge < -0.3 is 9.80 Å². The van der Waals surface area contributed by atoms with Gasteiger partial charge in [0.15, 0.2) is 0 Å². The number of rotatable bonds is 3. The van der Waals surface area contributed by atoms with E-state index in [9.17, 15) is 4.39 Å². The zero-order chi connectivity index (χ0) is 26.8. The predicted octanol–water partition coefficient (Wildman–Crippen LogP) is 9.85. The molecule has 3 heteroatoms. The molecule has 2 heterocycles. The van der Waals surface area contributed by atoms with E-state index in [0.29, 0.717) is 0 Å². The predicted molar refractivity (Wildman–Crippen MR) is 160 cm³/mol. The lowest BCUT2D eigenvalue weighted by Gasteiger charge is -2.43. The fraction of sp³-hybridized carbons (Fsp3) is 0.167. The third kappa shape index (κ3) is 3.32. The molecule has 0 bridgehead atoms. The van der Waals surface area contributed by atoms with Crippen LogP contribution in [-0.4, -0.2) is 6.67 Å². The first-order valence-electron chi connectivity index (χ1n) is 13.6. The van der Waals surface area contributed by atoms with Crippen molar-refractivity contribution in [3.8, 4) is 0 Å². The monoisotopic (exact) mass is 510 g/mol. The Kier molecular flexibility index (Phi) is 5.21. The molecule has 39 heavy (non-hydrogen) atoms. The number of nitrogens with zero attached hydrogens (tertiary/aromatic N) is 2. The van der Waals surface area contributed by atoms with E-state index in [1.54, 1.807) is 0 Å². The number of halogens is 1. The summed E-state index contributed by atoms with van der Waals surface area (Å²) in [5, 5.41) is 0. The fourth-order valence-corrected chi connectivity index (χ4v) is 6.69. The van der Waals surface area contributed by atoms with E-state index >= 15 is 0 Å². The van der Waals surface area contributed by atoms with Gasteiger partial charge >= 0.3 is 0 Å². The van der Waals surface area contributed by atoms with Crippen molar-refractivity contribution in [3.05, 3.63) is 144 Å². The van der Waals surface area contributed by atoms with Crippen molar-refractivity contribution in [1.82, 2.24) is 0 Å². The van der Waals surface area contributed by atoms with Crippen LogP contribution in [0.4, 0.5) is 38.5 Å². The normalized spacial score (nSPS) is 16.1. The third-order valence-electron chi connectivity index (χ3n) is 8.73. The minimum Gasteiger partial charge on any atom is -0.310 e. The molecule has 5 aromatic carbocycles. The summed E-state index contributed by atoms with van der Waals surface area (Å²) in [6.07, 6.45) is 0. The first-order chi connectivity index (χ1) is 18.9. The second-order valence-corrected chi connectivity index (χ2v) is 11.4. The maximum atomic E-state index is 14.8. The van der Waals surface area contributed by atoms with Gasteiger partial charge in [-0.1, -0.05) is 92.7 Å². The molecular weight excluding hydrogens is 479 g/mol. The third-order valence-corrected chi connectivity index (χ3v) is 8.73. The number of anilines is 6. The number of alkyl halides is 1. The molecule has 5 aromatic rings. The molecule has 0 aliphatic carbocycles. The van der Waals surface area contributed by atoms with Crippen molar-refractivity contribution in [2.75, 3.05) is 16.5 Å². The Balaban J connectivity index is 1.44. The van der Waals surface area contributed by atoms with Crippen molar-refractivity contribution in [2.45, 2.75) is 31.6 Å². The standard InChI is InChI=1S/C36H31FN2/c1-35(2)27-15-4-8-19-31(27)38(32-20-9-5-16-28(32)35)25-13-12-14-26(23-25)39-33-21-10-6-17-29(33)36(3,24-37)30-18-7-11-22-34(30)39/h4-23H,24H2,1-3H3. The van der Waals surface area contributed by atoms with Crippen molar-refractivity contribution in [1.29, 1.82) is 0 Å². The molecule has 0 fully saturated rings. The molecule has 0 N–H and O–H groups in total. The van der Waals surface area contributed by atoms with Crippen molar-refractivity contribution in [3.63, 3.8) is 0 Å². The van der Waals surface area contributed by atoms with E-state index in [0.717, 1.165) is 33.9 Å². The lowest BCUT2D eigenvalue weighted by molar-refractivity contribution is 0.371. The molecule has 2 nitrogen and oxygen atoms in total. The van der Waals surface area contributed by atoms with Crippen LogP contribution in [0.1, 0.15) is 43.0 Å². The average Bonchev–Trinajstić information content (AvgIpc) is 2.98. The number of fused-ring (bicyclic) bond motifs is 4. The molecule has 0 amide bonds. The van der Waals surface area contributed by atoms with Crippen LogP contribution in [0.3, 0.4) is 0 Å². The molecular formula is C36H31FN2. The average molecular weight is 511 g/mol. The highest BCUT2D eigenvalue weighted by Crippen LogP contribution is 2.54. The van der Waals surface area contributed by atoms with E-state index in [-0.39, 0.29) is 5.41 Å². The first-order valence-corrected chi connectivity index (χ1v) is 13.6. The summed E-state index contributed by atoms with van der Waals surface area (Å²) in [6.45, 7) is 6.18. The molecule has 2 aliphatic heterocycles. The van der Waals surface area contributed by atoms with Gasteiger partial charge in [0.25, 0.3) is 0 Å². The largest absolute Gasteiger partial charge is 0.310 e. The van der Waals surface area contributed by atoms with Gasteiger partial charge in [0.2, 0.25) is 0 Å². The van der Waals surface area contributed by atoms with Crippen molar-refractivity contribution >= 4 is 34.1 Å². The van der Waals surface area contributed by atoms with Gasteiger partial charge in [-0.25, -0.2) is 4.39 Å². The van der Waals surface area contributed by atoms with Gasteiger partial charge in [-0.05, 0) is 71.6 Å². The van der Waals surface area contributed by atoms with Crippen molar-refractivity contribution < 1.29 is 4.39 Å². The Morgan fingerprint density at radius 1 is 0.487 bits per heavy atom. The lowest BCUT2D eigenvalue weighted by atomic mass is 9.73. The molecule has 0 unspecified atom stereocenters. The highest BCUT2D eigenvalue weighted by atomic mass is 19.1. The number of benzene rings is 5. The fourth-order valence-electron chi connectivity index (χ4n) is 6.69. The van der Waals surface area contributed by atoms with E-state index in [1.807, 2.05) is 31.2 Å². The molecule has 7 rings (SSSR count). The summed E-state index contributed by atoms with van der Waals surface area (Å²) >= 11 is 0. The molecule has 0 saturated heterocycles. The summed E-state index contributed by atoms with van der Waals surface area (Å²) < 4.78 is 14.8. The Bertz CT molecular complexity index is 1620. The summed E-state index contributed by atoms with van der Waals surface area (Å²) in [5.41, 5.74) is 10.4. The number of para-hydroxylation sites is 4. The van der Waals surface area contributed by atoms with Crippen LogP contribution in [0.5, 0.6) is 0 Å². The Labute approximate surface area is 230 Å². The van der Waals surface area contributed by atoms with Gasteiger partial charge in [-0.15, -0.1) is 0 Å². The molecule has 0 spiro atoms. The maximum absolute atomic E-state index is 14.8. The first kappa shape index (κ1) is 23.7. The minimum atomic E-state index is -0.697. The second-order valence-electron chi connectivity index (χ2n) is 11.4. The molecule has 0 radical (unpaired) electrons. The number of hydrogen-bond acceptors (Lipinski definition) is 2. The van der Waals surface area contributed by atoms with Gasteiger partial charge in [0.05, 0.1) is 22.7 Å². The smallest absolute Gasteiger partial charge is 0.103 e. The maximum Gasteiger partial charge on any atom is 0.103 e. The van der Waals surface area contributed by atoms with Crippen molar-refractivity contribution in [2.24, 2.45) is 0 Å². The van der Waals surface area contributed by atoms with Crippen LogP contribution in [0.2, 0.25) is 0 Å². The van der Waals surface area contributed by atoms with Gasteiger partial charge in [0.1, 0.15) is 6.67 Å². The van der Waals surface area contributed by atoms with E-state index in [1.165, 1.54) is 22.5 Å². The highest BCUT2D eigenvalue weighted by molar-refractivity contribution is 5.90. The van der Waals surface area contributed by atoms with Crippen LogP contribution in [0.15, 0.2) is 121 Å². The molecule has 0 aromatic heterocycles.